The lowest BCUT2D eigenvalue weighted by Crippen LogP contribution is -2.01. The van der Waals surface area contributed by atoms with Gasteiger partial charge < -0.3 is 9.30 Å². The summed E-state index contributed by atoms with van der Waals surface area (Å²) in [6.45, 7) is 2.35. The third-order valence-electron chi connectivity index (χ3n) is 2.17. The molecule has 1 aromatic heterocycles. The van der Waals surface area contributed by atoms with E-state index in [1.54, 1.807) is 23.0 Å². The number of carbonyl (C=O) groups excluding carboxylic acids is 1. The smallest absolute Gasteiger partial charge is 0.339 e. The first-order valence-electron chi connectivity index (χ1n) is 4.73. The van der Waals surface area contributed by atoms with Crippen LogP contribution in [-0.4, -0.2) is 17.6 Å². The highest BCUT2D eigenvalue weighted by Crippen LogP contribution is 2.09. The monoisotopic (exact) mass is 211 g/mol. The van der Waals surface area contributed by atoms with E-state index in [0.29, 0.717) is 30.4 Å². The second-order valence-corrected chi connectivity index (χ2v) is 3.19. The standard InChI is InChI=1S/C11H14FNO2/c1-3-9(6-12)7-13-5-4-10(8-13)11(14)15-2/h4-6,8H,3,7H2,1-2H3/b9-6+. The number of rotatable bonds is 4. The zero-order valence-corrected chi connectivity index (χ0v) is 8.87. The molecule has 0 saturated heterocycles. The SMILES string of the molecule is CC/C(=C\F)Cn1ccc(C(=O)OC)c1. The van der Waals surface area contributed by atoms with Gasteiger partial charge in [-0.25, -0.2) is 9.18 Å². The van der Waals surface area contributed by atoms with Gasteiger partial charge in [-0.05, 0) is 18.1 Å². The Morgan fingerprint density at radius 2 is 2.40 bits per heavy atom. The number of allylic oxidation sites excluding steroid dienone is 1. The van der Waals surface area contributed by atoms with Crippen LogP contribution in [0, 0.1) is 0 Å². The molecule has 1 heterocycles. The maximum atomic E-state index is 12.3. The molecular weight excluding hydrogens is 197 g/mol. The summed E-state index contributed by atoms with van der Waals surface area (Å²) in [6, 6.07) is 1.65. The predicted molar refractivity (Wildman–Crippen MR) is 55.3 cm³/mol. The Labute approximate surface area is 88.2 Å². The van der Waals surface area contributed by atoms with Crippen LogP contribution in [0.4, 0.5) is 4.39 Å². The molecule has 1 aromatic rings. The lowest BCUT2D eigenvalue weighted by molar-refractivity contribution is 0.0600. The van der Waals surface area contributed by atoms with Crippen LogP contribution in [0.1, 0.15) is 23.7 Å². The van der Waals surface area contributed by atoms with E-state index in [1.807, 2.05) is 6.92 Å². The second-order valence-electron chi connectivity index (χ2n) is 3.19. The van der Waals surface area contributed by atoms with Crippen molar-refractivity contribution < 1.29 is 13.9 Å². The van der Waals surface area contributed by atoms with Crippen LogP contribution in [0.5, 0.6) is 0 Å². The molecule has 0 N–H and O–H groups in total. The van der Waals surface area contributed by atoms with Gasteiger partial charge in [-0.1, -0.05) is 6.92 Å². The molecule has 0 aliphatic heterocycles. The first-order valence-corrected chi connectivity index (χ1v) is 4.73. The lowest BCUT2D eigenvalue weighted by Gasteiger charge is -2.03. The van der Waals surface area contributed by atoms with Gasteiger partial charge in [-0.3, -0.25) is 0 Å². The molecule has 0 spiro atoms. The van der Waals surface area contributed by atoms with E-state index in [1.165, 1.54) is 7.11 Å². The minimum atomic E-state index is -0.379. The molecule has 0 aliphatic rings. The van der Waals surface area contributed by atoms with Gasteiger partial charge in [0.15, 0.2) is 0 Å². The summed E-state index contributed by atoms with van der Waals surface area (Å²) in [5.41, 5.74) is 1.16. The number of aromatic nitrogens is 1. The molecule has 0 radical (unpaired) electrons. The molecule has 82 valence electrons. The summed E-state index contributed by atoms with van der Waals surface area (Å²) in [5.74, 6) is -0.379. The maximum Gasteiger partial charge on any atom is 0.339 e. The van der Waals surface area contributed by atoms with Crippen molar-refractivity contribution in [2.75, 3.05) is 7.11 Å². The Bertz CT molecular complexity index is 368. The molecule has 0 unspecified atom stereocenters. The van der Waals surface area contributed by atoms with Gasteiger partial charge in [0.2, 0.25) is 0 Å². The van der Waals surface area contributed by atoms with E-state index in [0.717, 1.165) is 0 Å². The number of halogens is 1. The summed E-state index contributed by atoms with van der Waals surface area (Å²) in [4.78, 5) is 11.1. The summed E-state index contributed by atoms with van der Waals surface area (Å²) in [7, 11) is 1.33. The average Bonchev–Trinajstić information content (AvgIpc) is 2.73. The average molecular weight is 211 g/mol. The van der Waals surface area contributed by atoms with Gasteiger partial charge in [-0.15, -0.1) is 0 Å². The Morgan fingerprint density at radius 1 is 1.67 bits per heavy atom. The van der Waals surface area contributed by atoms with E-state index < -0.39 is 0 Å². The number of carbonyl (C=O) groups is 1. The van der Waals surface area contributed by atoms with Crippen LogP contribution < -0.4 is 0 Å². The van der Waals surface area contributed by atoms with Crippen LogP contribution in [0.25, 0.3) is 0 Å². The minimum absolute atomic E-state index is 0.379. The van der Waals surface area contributed by atoms with Crippen LogP contribution in [0.2, 0.25) is 0 Å². The quantitative estimate of drug-likeness (QED) is 0.716. The van der Waals surface area contributed by atoms with Crippen molar-refractivity contribution in [3.05, 3.63) is 35.9 Å². The molecule has 0 amide bonds. The van der Waals surface area contributed by atoms with Crippen molar-refractivity contribution in [3.8, 4) is 0 Å². The van der Waals surface area contributed by atoms with E-state index in [4.69, 9.17) is 0 Å². The molecular formula is C11H14FNO2. The van der Waals surface area contributed by atoms with Gasteiger partial charge in [0.1, 0.15) is 0 Å². The first kappa shape index (κ1) is 11.5. The fourth-order valence-electron chi connectivity index (χ4n) is 1.24. The fourth-order valence-corrected chi connectivity index (χ4v) is 1.24. The van der Waals surface area contributed by atoms with Crippen LogP contribution in [0.3, 0.4) is 0 Å². The van der Waals surface area contributed by atoms with Gasteiger partial charge in [-0.2, -0.15) is 0 Å². The van der Waals surface area contributed by atoms with Crippen molar-refractivity contribution in [1.82, 2.24) is 4.57 Å². The minimum Gasteiger partial charge on any atom is -0.465 e. The predicted octanol–water partition coefficient (Wildman–Crippen LogP) is 2.54. The highest BCUT2D eigenvalue weighted by atomic mass is 19.1. The summed E-state index contributed by atoms with van der Waals surface area (Å²) < 4.78 is 18.6. The number of hydrogen-bond acceptors (Lipinski definition) is 2. The zero-order chi connectivity index (χ0) is 11.3. The Hall–Kier alpha value is -1.58. The molecule has 4 heteroatoms. The number of hydrogen-bond donors (Lipinski definition) is 0. The molecule has 0 aliphatic carbocycles. The van der Waals surface area contributed by atoms with Gasteiger partial charge >= 0.3 is 5.97 Å². The number of ether oxygens (including phenoxy) is 1. The van der Waals surface area contributed by atoms with Gasteiger partial charge in [0.25, 0.3) is 0 Å². The fraction of sp³-hybridized carbons (Fsp3) is 0.364. The largest absolute Gasteiger partial charge is 0.465 e. The Balaban J connectivity index is 2.72. The molecule has 0 fully saturated rings. The number of esters is 1. The van der Waals surface area contributed by atoms with Crippen molar-refractivity contribution >= 4 is 5.97 Å². The Kier molecular flexibility index (Phi) is 4.09. The van der Waals surface area contributed by atoms with E-state index in [-0.39, 0.29) is 5.97 Å². The van der Waals surface area contributed by atoms with Crippen molar-refractivity contribution in [1.29, 1.82) is 0 Å². The molecule has 0 bridgehead atoms. The van der Waals surface area contributed by atoms with Crippen LogP contribution >= 0.6 is 0 Å². The highest BCUT2D eigenvalue weighted by molar-refractivity contribution is 5.89. The zero-order valence-electron chi connectivity index (χ0n) is 8.87. The molecule has 15 heavy (non-hydrogen) atoms. The van der Waals surface area contributed by atoms with Crippen LogP contribution in [-0.2, 0) is 11.3 Å². The summed E-state index contributed by atoms with van der Waals surface area (Å²) in [6.07, 6.45) is 4.64. The van der Waals surface area contributed by atoms with Crippen molar-refractivity contribution in [2.24, 2.45) is 0 Å². The normalized spacial score (nSPS) is 11.5. The summed E-state index contributed by atoms with van der Waals surface area (Å²) >= 11 is 0. The third-order valence-corrected chi connectivity index (χ3v) is 2.17. The lowest BCUT2D eigenvalue weighted by atomic mass is 10.2. The van der Waals surface area contributed by atoms with Crippen LogP contribution in [0.15, 0.2) is 30.4 Å². The van der Waals surface area contributed by atoms with Crippen molar-refractivity contribution in [3.63, 3.8) is 0 Å². The molecule has 0 saturated carbocycles. The maximum absolute atomic E-state index is 12.3. The molecule has 1 rings (SSSR count). The van der Waals surface area contributed by atoms with E-state index in [2.05, 4.69) is 4.74 Å². The third kappa shape index (κ3) is 2.94. The topological polar surface area (TPSA) is 31.2 Å². The summed E-state index contributed by atoms with van der Waals surface area (Å²) in [5, 5.41) is 0. The van der Waals surface area contributed by atoms with Gasteiger partial charge in [0, 0.05) is 18.9 Å². The van der Waals surface area contributed by atoms with Gasteiger partial charge in [0.05, 0.1) is 19.0 Å². The number of nitrogens with zero attached hydrogens (tertiary/aromatic N) is 1. The molecule has 3 nitrogen and oxygen atoms in total. The molecule has 0 aromatic carbocycles. The highest BCUT2D eigenvalue weighted by Gasteiger charge is 2.07. The number of methoxy groups -OCH3 is 1. The van der Waals surface area contributed by atoms with E-state index >= 15 is 0 Å². The van der Waals surface area contributed by atoms with Crippen molar-refractivity contribution in [2.45, 2.75) is 19.9 Å². The van der Waals surface area contributed by atoms with E-state index in [9.17, 15) is 9.18 Å². The first-order chi connectivity index (χ1) is 7.21. The Morgan fingerprint density at radius 3 is 2.93 bits per heavy atom. The second kappa shape index (κ2) is 5.34. The molecule has 0 atom stereocenters.